The third-order valence-corrected chi connectivity index (χ3v) is 3.69. The van der Waals surface area contributed by atoms with Gasteiger partial charge in [-0.05, 0) is 33.6 Å². The largest absolute Gasteiger partial charge is 0.480 e. The molecule has 1 atom stereocenters. The second-order valence-corrected chi connectivity index (χ2v) is 4.89. The number of ether oxygens (including phenoxy) is 1. The minimum absolute atomic E-state index is 0.204. The highest BCUT2D eigenvalue weighted by Gasteiger charge is 2.46. The predicted octanol–water partition coefficient (Wildman–Crippen LogP) is 1.40. The smallest absolute Gasteiger partial charge is 0.329 e. The average molecular weight is 272 g/mol. The SMILES string of the molecule is CCOCCN(CC)C(=O)N1CCCC1(C)C(=O)O. The third-order valence-electron chi connectivity index (χ3n) is 3.69. The number of carbonyl (C=O) groups excluding carboxylic acids is 1. The van der Waals surface area contributed by atoms with E-state index in [-0.39, 0.29) is 6.03 Å². The van der Waals surface area contributed by atoms with E-state index < -0.39 is 11.5 Å². The molecule has 0 spiro atoms. The zero-order valence-electron chi connectivity index (χ0n) is 12.0. The summed E-state index contributed by atoms with van der Waals surface area (Å²) in [6.45, 7) is 8.06. The van der Waals surface area contributed by atoms with Gasteiger partial charge in [0.25, 0.3) is 0 Å². The Kier molecular flexibility index (Phi) is 5.60. The lowest BCUT2D eigenvalue weighted by atomic mass is 10.00. The zero-order valence-corrected chi connectivity index (χ0v) is 12.0. The van der Waals surface area contributed by atoms with Gasteiger partial charge in [0.15, 0.2) is 0 Å². The highest BCUT2D eigenvalue weighted by Crippen LogP contribution is 2.30. The van der Waals surface area contributed by atoms with Gasteiger partial charge in [-0.3, -0.25) is 0 Å². The maximum atomic E-state index is 12.4. The molecule has 19 heavy (non-hydrogen) atoms. The molecule has 1 saturated heterocycles. The number of urea groups is 1. The third kappa shape index (κ3) is 3.37. The van der Waals surface area contributed by atoms with Crippen LogP contribution in [0, 0.1) is 0 Å². The molecule has 6 nitrogen and oxygen atoms in total. The molecular weight excluding hydrogens is 248 g/mol. The van der Waals surface area contributed by atoms with Gasteiger partial charge >= 0.3 is 12.0 Å². The first-order valence-electron chi connectivity index (χ1n) is 6.85. The van der Waals surface area contributed by atoms with Crippen molar-refractivity contribution in [1.29, 1.82) is 0 Å². The van der Waals surface area contributed by atoms with Crippen LogP contribution in [-0.2, 0) is 9.53 Å². The molecule has 1 fully saturated rings. The number of hydrogen-bond acceptors (Lipinski definition) is 3. The lowest BCUT2D eigenvalue weighted by Crippen LogP contribution is -2.55. The fourth-order valence-corrected chi connectivity index (χ4v) is 2.37. The maximum Gasteiger partial charge on any atom is 0.329 e. The Morgan fingerprint density at radius 2 is 2.11 bits per heavy atom. The molecule has 1 aliphatic rings. The number of hydrogen-bond donors (Lipinski definition) is 1. The van der Waals surface area contributed by atoms with Crippen molar-refractivity contribution in [3.05, 3.63) is 0 Å². The molecule has 1 aliphatic heterocycles. The number of carbonyl (C=O) groups is 2. The van der Waals surface area contributed by atoms with Crippen LogP contribution < -0.4 is 0 Å². The number of likely N-dealkylation sites (N-methyl/N-ethyl adjacent to an activating group) is 1. The summed E-state index contributed by atoms with van der Waals surface area (Å²) in [6.07, 6.45) is 1.24. The fraction of sp³-hybridized carbons (Fsp3) is 0.846. The first-order valence-corrected chi connectivity index (χ1v) is 6.85. The van der Waals surface area contributed by atoms with Gasteiger partial charge in [0, 0.05) is 26.2 Å². The number of likely N-dealkylation sites (tertiary alicyclic amines) is 1. The lowest BCUT2D eigenvalue weighted by Gasteiger charge is -2.35. The van der Waals surface area contributed by atoms with E-state index in [1.807, 2.05) is 13.8 Å². The highest BCUT2D eigenvalue weighted by atomic mass is 16.5. The number of carboxylic acids is 1. The molecular formula is C13H24N2O4. The maximum absolute atomic E-state index is 12.4. The van der Waals surface area contributed by atoms with Crippen molar-refractivity contribution >= 4 is 12.0 Å². The fourth-order valence-electron chi connectivity index (χ4n) is 2.37. The summed E-state index contributed by atoms with van der Waals surface area (Å²) in [5.41, 5.74) is -1.07. The van der Waals surface area contributed by atoms with Crippen molar-refractivity contribution in [3.8, 4) is 0 Å². The number of amides is 2. The summed E-state index contributed by atoms with van der Waals surface area (Å²) in [7, 11) is 0. The second kappa shape index (κ2) is 6.75. The van der Waals surface area contributed by atoms with Crippen molar-refractivity contribution in [2.24, 2.45) is 0 Å². The summed E-state index contributed by atoms with van der Waals surface area (Å²) < 4.78 is 5.25. The Morgan fingerprint density at radius 1 is 1.42 bits per heavy atom. The highest BCUT2D eigenvalue weighted by molar-refractivity contribution is 5.86. The van der Waals surface area contributed by atoms with E-state index in [4.69, 9.17) is 4.74 Å². The molecule has 0 aromatic heterocycles. The van der Waals surface area contributed by atoms with Crippen LogP contribution in [0.1, 0.15) is 33.6 Å². The minimum Gasteiger partial charge on any atom is -0.480 e. The molecule has 1 N–H and O–H groups in total. The van der Waals surface area contributed by atoms with E-state index in [0.717, 1.165) is 6.42 Å². The number of rotatable bonds is 6. The molecule has 0 radical (unpaired) electrons. The molecule has 1 unspecified atom stereocenters. The molecule has 1 heterocycles. The number of nitrogens with zero attached hydrogens (tertiary/aromatic N) is 2. The molecule has 2 amide bonds. The minimum atomic E-state index is -1.07. The second-order valence-electron chi connectivity index (χ2n) is 4.89. The molecule has 6 heteroatoms. The van der Waals surface area contributed by atoms with E-state index in [1.165, 1.54) is 4.90 Å². The van der Waals surface area contributed by atoms with E-state index in [0.29, 0.717) is 39.3 Å². The van der Waals surface area contributed by atoms with E-state index in [9.17, 15) is 14.7 Å². The summed E-state index contributed by atoms with van der Waals surface area (Å²) in [4.78, 5) is 26.9. The van der Waals surface area contributed by atoms with Crippen LogP contribution >= 0.6 is 0 Å². The quantitative estimate of drug-likeness (QED) is 0.742. The van der Waals surface area contributed by atoms with Crippen LogP contribution in [0.15, 0.2) is 0 Å². The van der Waals surface area contributed by atoms with Crippen molar-refractivity contribution in [3.63, 3.8) is 0 Å². The molecule has 0 aliphatic carbocycles. The van der Waals surface area contributed by atoms with Gasteiger partial charge in [-0.1, -0.05) is 0 Å². The van der Waals surface area contributed by atoms with Crippen LogP contribution in [0.2, 0.25) is 0 Å². The van der Waals surface area contributed by atoms with Crippen LogP contribution in [0.25, 0.3) is 0 Å². The van der Waals surface area contributed by atoms with Gasteiger partial charge in [-0.2, -0.15) is 0 Å². The van der Waals surface area contributed by atoms with Crippen LogP contribution in [0.3, 0.4) is 0 Å². The van der Waals surface area contributed by atoms with Crippen molar-refractivity contribution < 1.29 is 19.4 Å². The zero-order chi connectivity index (χ0) is 14.5. The standard InChI is InChI=1S/C13H24N2O4/c1-4-14(9-10-19-5-2)12(18)15-8-6-7-13(15,3)11(16)17/h4-10H2,1-3H3,(H,16,17). The Bertz CT molecular complexity index is 335. The van der Waals surface area contributed by atoms with Gasteiger partial charge in [-0.15, -0.1) is 0 Å². The summed E-state index contributed by atoms with van der Waals surface area (Å²) in [6, 6.07) is -0.204. The molecule has 0 aromatic carbocycles. The summed E-state index contributed by atoms with van der Waals surface area (Å²) >= 11 is 0. The Labute approximate surface area is 114 Å². The van der Waals surface area contributed by atoms with Crippen LogP contribution in [-0.4, -0.2) is 65.3 Å². The normalized spacial score (nSPS) is 22.6. The van der Waals surface area contributed by atoms with Gasteiger partial charge in [-0.25, -0.2) is 9.59 Å². The van der Waals surface area contributed by atoms with E-state index in [2.05, 4.69) is 0 Å². The Hall–Kier alpha value is -1.30. The molecule has 1 rings (SSSR count). The van der Waals surface area contributed by atoms with Crippen molar-refractivity contribution in [2.75, 3.05) is 32.8 Å². The van der Waals surface area contributed by atoms with Crippen LogP contribution in [0.4, 0.5) is 4.79 Å². The monoisotopic (exact) mass is 272 g/mol. The van der Waals surface area contributed by atoms with Gasteiger partial charge in [0.2, 0.25) is 0 Å². The Balaban J connectivity index is 2.71. The van der Waals surface area contributed by atoms with E-state index in [1.54, 1.807) is 11.8 Å². The van der Waals surface area contributed by atoms with Crippen molar-refractivity contribution in [2.45, 2.75) is 39.2 Å². The first-order chi connectivity index (χ1) is 8.97. The van der Waals surface area contributed by atoms with E-state index >= 15 is 0 Å². The predicted molar refractivity (Wildman–Crippen MR) is 71.1 cm³/mol. The molecule has 0 saturated carbocycles. The summed E-state index contributed by atoms with van der Waals surface area (Å²) in [5.74, 6) is -0.931. The molecule has 110 valence electrons. The van der Waals surface area contributed by atoms with Gasteiger partial charge < -0.3 is 19.6 Å². The van der Waals surface area contributed by atoms with Crippen LogP contribution in [0.5, 0.6) is 0 Å². The first kappa shape index (κ1) is 15.8. The topological polar surface area (TPSA) is 70.1 Å². The number of carboxylic acid groups (broad SMARTS) is 1. The summed E-state index contributed by atoms with van der Waals surface area (Å²) in [5, 5.41) is 9.32. The van der Waals surface area contributed by atoms with Gasteiger partial charge in [0.1, 0.15) is 5.54 Å². The Morgan fingerprint density at radius 3 is 2.63 bits per heavy atom. The lowest BCUT2D eigenvalue weighted by molar-refractivity contribution is -0.147. The average Bonchev–Trinajstić information content (AvgIpc) is 2.77. The number of aliphatic carboxylic acids is 1. The molecule has 0 bridgehead atoms. The van der Waals surface area contributed by atoms with Gasteiger partial charge in [0.05, 0.1) is 6.61 Å². The molecule has 0 aromatic rings. The van der Waals surface area contributed by atoms with Crippen molar-refractivity contribution in [1.82, 2.24) is 9.80 Å².